The summed E-state index contributed by atoms with van der Waals surface area (Å²) in [6.07, 6.45) is 1.65. The van der Waals surface area contributed by atoms with Gasteiger partial charge in [-0.2, -0.15) is 0 Å². The molecule has 14 heavy (non-hydrogen) atoms. The number of nitrogens with one attached hydrogen (secondary N) is 1. The minimum Gasteiger partial charge on any atom is -0.381 e. The Morgan fingerprint density at radius 2 is 1.93 bits per heavy atom. The second kappa shape index (κ2) is 5.22. The fourth-order valence-corrected chi connectivity index (χ4v) is 1.20. The van der Waals surface area contributed by atoms with Gasteiger partial charge in [0.2, 0.25) is 0 Å². The molecule has 1 rings (SSSR count). The molecule has 0 aliphatic carbocycles. The SMILES string of the molecule is CC(=O)/C=C(\C)CNc1ccccc1. The number of hydrogen-bond donors (Lipinski definition) is 1. The van der Waals surface area contributed by atoms with Crippen LogP contribution in [0.25, 0.3) is 0 Å². The van der Waals surface area contributed by atoms with Crippen molar-refractivity contribution >= 4 is 11.5 Å². The molecule has 0 aliphatic rings. The Balaban J connectivity index is 2.45. The van der Waals surface area contributed by atoms with Crippen molar-refractivity contribution in [1.29, 1.82) is 0 Å². The summed E-state index contributed by atoms with van der Waals surface area (Å²) in [6, 6.07) is 9.93. The van der Waals surface area contributed by atoms with Gasteiger partial charge in [-0.3, -0.25) is 4.79 Å². The lowest BCUT2D eigenvalue weighted by atomic mass is 10.2. The fourth-order valence-electron chi connectivity index (χ4n) is 1.20. The maximum Gasteiger partial charge on any atom is 0.152 e. The highest BCUT2D eigenvalue weighted by Crippen LogP contribution is 2.05. The number of carbonyl (C=O) groups is 1. The van der Waals surface area contributed by atoms with Crippen molar-refractivity contribution in [1.82, 2.24) is 0 Å². The van der Waals surface area contributed by atoms with Gasteiger partial charge in [0.25, 0.3) is 0 Å². The third kappa shape index (κ3) is 3.90. The lowest BCUT2D eigenvalue weighted by molar-refractivity contribution is -0.112. The summed E-state index contributed by atoms with van der Waals surface area (Å²) in [7, 11) is 0. The van der Waals surface area contributed by atoms with Crippen molar-refractivity contribution in [3.63, 3.8) is 0 Å². The number of allylic oxidation sites excluding steroid dienone is 1. The Kier molecular flexibility index (Phi) is 3.92. The van der Waals surface area contributed by atoms with Gasteiger partial charge in [-0.15, -0.1) is 0 Å². The minimum absolute atomic E-state index is 0.0948. The third-order valence-corrected chi connectivity index (χ3v) is 1.79. The molecule has 0 bridgehead atoms. The van der Waals surface area contributed by atoms with Crippen LogP contribution in [-0.2, 0) is 4.79 Å². The van der Waals surface area contributed by atoms with Crippen LogP contribution in [0, 0.1) is 0 Å². The van der Waals surface area contributed by atoms with Crippen molar-refractivity contribution < 1.29 is 4.79 Å². The summed E-state index contributed by atoms with van der Waals surface area (Å²) in [6.45, 7) is 4.22. The molecule has 0 aliphatic heterocycles. The van der Waals surface area contributed by atoms with Gasteiger partial charge in [0.1, 0.15) is 0 Å². The zero-order chi connectivity index (χ0) is 10.4. The van der Waals surface area contributed by atoms with Gasteiger partial charge < -0.3 is 5.32 Å². The molecule has 0 radical (unpaired) electrons. The quantitative estimate of drug-likeness (QED) is 0.738. The van der Waals surface area contributed by atoms with Gasteiger partial charge in [0.05, 0.1) is 0 Å². The summed E-state index contributed by atoms with van der Waals surface area (Å²) in [5.41, 5.74) is 2.12. The molecule has 0 fully saturated rings. The van der Waals surface area contributed by atoms with Crippen LogP contribution in [0.2, 0.25) is 0 Å². The van der Waals surface area contributed by atoms with E-state index in [1.54, 1.807) is 13.0 Å². The molecule has 0 saturated carbocycles. The number of ketones is 1. The molecular weight excluding hydrogens is 174 g/mol. The highest BCUT2D eigenvalue weighted by atomic mass is 16.1. The molecule has 1 aromatic rings. The van der Waals surface area contributed by atoms with Crippen LogP contribution in [0.4, 0.5) is 5.69 Å². The topological polar surface area (TPSA) is 29.1 Å². The molecule has 1 aromatic carbocycles. The van der Waals surface area contributed by atoms with Gasteiger partial charge >= 0.3 is 0 Å². The summed E-state index contributed by atoms with van der Waals surface area (Å²) in [5.74, 6) is 0.0948. The summed E-state index contributed by atoms with van der Waals surface area (Å²) in [5, 5.41) is 3.23. The van der Waals surface area contributed by atoms with Crippen LogP contribution in [0.1, 0.15) is 13.8 Å². The van der Waals surface area contributed by atoms with Crippen LogP contribution in [0.5, 0.6) is 0 Å². The Bertz CT molecular complexity index is 327. The number of hydrogen-bond acceptors (Lipinski definition) is 2. The molecule has 0 aromatic heterocycles. The molecule has 2 heteroatoms. The van der Waals surface area contributed by atoms with Gasteiger partial charge in [-0.25, -0.2) is 0 Å². The molecule has 74 valence electrons. The van der Waals surface area contributed by atoms with E-state index in [4.69, 9.17) is 0 Å². The standard InChI is InChI=1S/C12H15NO/c1-10(8-11(2)14)9-13-12-6-4-3-5-7-12/h3-8,13H,9H2,1-2H3/b10-8+. The second-order valence-corrected chi connectivity index (χ2v) is 3.32. The first-order chi connectivity index (χ1) is 6.68. The van der Waals surface area contributed by atoms with E-state index >= 15 is 0 Å². The van der Waals surface area contributed by atoms with Gasteiger partial charge in [-0.05, 0) is 32.1 Å². The molecule has 0 spiro atoms. The van der Waals surface area contributed by atoms with Crippen LogP contribution < -0.4 is 5.32 Å². The van der Waals surface area contributed by atoms with Crippen molar-refractivity contribution in [2.75, 3.05) is 11.9 Å². The Labute approximate surface area is 84.6 Å². The lowest BCUT2D eigenvalue weighted by Gasteiger charge is -2.05. The highest BCUT2D eigenvalue weighted by Gasteiger charge is 1.92. The Morgan fingerprint density at radius 3 is 2.50 bits per heavy atom. The zero-order valence-electron chi connectivity index (χ0n) is 8.58. The van der Waals surface area contributed by atoms with E-state index in [1.165, 1.54) is 0 Å². The molecule has 1 N–H and O–H groups in total. The van der Waals surface area contributed by atoms with Crippen LogP contribution in [0.3, 0.4) is 0 Å². The summed E-state index contributed by atoms with van der Waals surface area (Å²) in [4.78, 5) is 10.8. The van der Waals surface area contributed by atoms with E-state index in [0.717, 1.165) is 11.3 Å². The fraction of sp³-hybridized carbons (Fsp3) is 0.250. The Morgan fingerprint density at radius 1 is 1.29 bits per heavy atom. The van der Waals surface area contributed by atoms with Crippen molar-refractivity contribution in [2.45, 2.75) is 13.8 Å². The maximum absolute atomic E-state index is 10.8. The van der Waals surface area contributed by atoms with E-state index in [0.29, 0.717) is 6.54 Å². The normalized spacial score (nSPS) is 11.1. The average Bonchev–Trinajstić information content (AvgIpc) is 2.15. The third-order valence-electron chi connectivity index (χ3n) is 1.79. The first-order valence-corrected chi connectivity index (χ1v) is 4.65. The summed E-state index contributed by atoms with van der Waals surface area (Å²) < 4.78 is 0. The maximum atomic E-state index is 10.8. The van der Waals surface area contributed by atoms with E-state index in [9.17, 15) is 4.79 Å². The van der Waals surface area contributed by atoms with E-state index in [2.05, 4.69) is 5.32 Å². The number of carbonyl (C=O) groups excluding carboxylic acids is 1. The van der Waals surface area contributed by atoms with Gasteiger partial charge in [-0.1, -0.05) is 23.8 Å². The number of para-hydroxylation sites is 1. The molecule has 0 heterocycles. The molecule has 0 saturated heterocycles. The zero-order valence-corrected chi connectivity index (χ0v) is 8.58. The van der Waals surface area contributed by atoms with Crippen LogP contribution >= 0.6 is 0 Å². The predicted octanol–water partition coefficient (Wildman–Crippen LogP) is 2.63. The highest BCUT2D eigenvalue weighted by molar-refractivity contribution is 5.87. The average molecular weight is 189 g/mol. The predicted molar refractivity (Wildman–Crippen MR) is 59.4 cm³/mol. The van der Waals surface area contributed by atoms with E-state index in [-0.39, 0.29) is 5.78 Å². The van der Waals surface area contributed by atoms with Gasteiger partial charge in [0.15, 0.2) is 5.78 Å². The number of anilines is 1. The second-order valence-electron chi connectivity index (χ2n) is 3.32. The first-order valence-electron chi connectivity index (χ1n) is 4.65. The molecule has 0 unspecified atom stereocenters. The lowest BCUT2D eigenvalue weighted by Crippen LogP contribution is -2.03. The van der Waals surface area contributed by atoms with Crippen molar-refractivity contribution in [3.05, 3.63) is 42.0 Å². The largest absolute Gasteiger partial charge is 0.381 e. The monoisotopic (exact) mass is 189 g/mol. The molecular formula is C12H15NO. The molecule has 0 amide bonds. The number of rotatable bonds is 4. The van der Waals surface area contributed by atoms with E-state index < -0.39 is 0 Å². The molecule has 0 atom stereocenters. The van der Waals surface area contributed by atoms with Gasteiger partial charge in [0, 0.05) is 12.2 Å². The number of benzene rings is 1. The van der Waals surface area contributed by atoms with Crippen LogP contribution in [-0.4, -0.2) is 12.3 Å². The minimum atomic E-state index is 0.0948. The van der Waals surface area contributed by atoms with Crippen LogP contribution in [0.15, 0.2) is 42.0 Å². The smallest absolute Gasteiger partial charge is 0.152 e. The molecule has 2 nitrogen and oxygen atoms in total. The Hall–Kier alpha value is -1.57. The van der Waals surface area contributed by atoms with E-state index in [1.807, 2.05) is 37.3 Å². The summed E-state index contributed by atoms with van der Waals surface area (Å²) >= 11 is 0. The first kappa shape index (κ1) is 10.5. The van der Waals surface area contributed by atoms with Crippen molar-refractivity contribution in [3.8, 4) is 0 Å². The van der Waals surface area contributed by atoms with Crippen molar-refractivity contribution in [2.24, 2.45) is 0 Å².